The van der Waals surface area contributed by atoms with Gasteiger partial charge in [-0.25, -0.2) is 9.97 Å². The van der Waals surface area contributed by atoms with Crippen molar-refractivity contribution < 1.29 is 0 Å². The van der Waals surface area contributed by atoms with Crippen molar-refractivity contribution in [2.45, 2.75) is 12.3 Å². The largest absolute Gasteiger partial charge is 0.228 e. The van der Waals surface area contributed by atoms with Crippen LogP contribution in [0.5, 0.6) is 0 Å². The fraction of sp³-hybridized carbons (Fsp3) is 0.0370. The molecule has 268 valence electrons. The van der Waals surface area contributed by atoms with Crippen molar-refractivity contribution in [1.82, 2.24) is 9.97 Å². The first-order chi connectivity index (χ1) is 28.1. The van der Waals surface area contributed by atoms with Crippen molar-refractivity contribution >= 4 is 31.5 Å². The standard InChI is InChI=1S/C54H36N2S/c1-54(39-17-6-3-7-18-39)47-25-12-10-20-42(47)43-32-31-38(33-48(43)54)49-34-50(56-53(55-49)37-15-4-2-5-16-37)44-21-9-8-19-40(44)35-27-29-36(30-28-35)41-23-14-24-46-45-22-11-13-26-51(45)57-52(41)46/h2-34H,1H3. The van der Waals surface area contributed by atoms with Gasteiger partial charge in [-0.15, -0.1) is 11.3 Å². The summed E-state index contributed by atoms with van der Waals surface area (Å²) in [6.07, 6.45) is 0. The van der Waals surface area contributed by atoms with Crippen LogP contribution < -0.4 is 0 Å². The summed E-state index contributed by atoms with van der Waals surface area (Å²) in [5.41, 5.74) is 15.8. The van der Waals surface area contributed by atoms with Crippen LogP contribution in [0.15, 0.2) is 200 Å². The molecule has 57 heavy (non-hydrogen) atoms. The molecule has 2 heterocycles. The van der Waals surface area contributed by atoms with Crippen molar-refractivity contribution in [2.24, 2.45) is 0 Å². The first-order valence-corrected chi connectivity index (χ1v) is 20.3. The van der Waals surface area contributed by atoms with Crippen LogP contribution in [0.4, 0.5) is 0 Å². The summed E-state index contributed by atoms with van der Waals surface area (Å²) in [5, 5.41) is 2.63. The van der Waals surface area contributed by atoms with Gasteiger partial charge >= 0.3 is 0 Å². The van der Waals surface area contributed by atoms with E-state index < -0.39 is 0 Å². The van der Waals surface area contributed by atoms with Gasteiger partial charge in [0.1, 0.15) is 0 Å². The molecule has 0 radical (unpaired) electrons. The van der Waals surface area contributed by atoms with Crippen LogP contribution in [0.2, 0.25) is 0 Å². The highest BCUT2D eigenvalue weighted by molar-refractivity contribution is 7.26. The maximum atomic E-state index is 5.28. The van der Waals surface area contributed by atoms with E-state index in [1.54, 1.807) is 0 Å². The highest BCUT2D eigenvalue weighted by Gasteiger charge is 2.40. The highest BCUT2D eigenvalue weighted by Crippen LogP contribution is 2.53. The van der Waals surface area contributed by atoms with Gasteiger partial charge in [0.15, 0.2) is 5.82 Å². The number of benzene rings is 8. The Labute approximate surface area is 336 Å². The van der Waals surface area contributed by atoms with Crippen molar-refractivity contribution in [1.29, 1.82) is 0 Å². The Bertz CT molecular complexity index is 3130. The summed E-state index contributed by atoms with van der Waals surface area (Å²) in [6, 6.07) is 72.1. The molecule has 0 aliphatic heterocycles. The predicted molar refractivity (Wildman–Crippen MR) is 240 cm³/mol. The van der Waals surface area contributed by atoms with E-state index in [9.17, 15) is 0 Å². The lowest BCUT2D eigenvalue weighted by molar-refractivity contribution is 0.714. The van der Waals surface area contributed by atoms with Crippen LogP contribution >= 0.6 is 11.3 Å². The van der Waals surface area contributed by atoms with Crippen molar-refractivity contribution in [3.05, 3.63) is 217 Å². The third-order valence-corrected chi connectivity index (χ3v) is 13.1. The summed E-state index contributed by atoms with van der Waals surface area (Å²) in [5.74, 6) is 0.708. The van der Waals surface area contributed by atoms with E-state index in [0.717, 1.165) is 39.2 Å². The third kappa shape index (κ3) is 5.46. The van der Waals surface area contributed by atoms with Gasteiger partial charge in [0.05, 0.1) is 11.4 Å². The van der Waals surface area contributed by atoms with Crippen LogP contribution in [0.1, 0.15) is 23.6 Å². The highest BCUT2D eigenvalue weighted by atomic mass is 32.1. The van der Waals surface area contributed by atoms with Crippen LogP contribution in [-0.4, -0.2) is 9.97 Å². The van der Waals surface area contributed by atoms with Crippen molar-refractivity contribution in [3.63, 3.8) is 0 Å². The van der Waals surface area contributed by atoms with E-state index in [4.69, 9.17) is 9.97 Å². The SMILES string of the molecule is CC1(c2ccccc2)c2ccccc2-c2ccc(-c3cc(-c4ccccc4-c4ccc(-c5cccc6c5sc5ccccc56)cc4)nc(-c4ccccc4)n3)cc21. The number of hydrogen-bond acceptors (Lipinski definition) is 3. The molecule has 0 fully saturated rings. The summed E-state index contributed by atoms with van der Waals surface area (Å²) in [4.78, 5) is 10.5. The normalized spacial score (nSPS) is 14.5. The monoisotopic (exact) mass is 744 g/mol. The molecule has 10 aromatic rings. The van der Waals surface area contributed by atoms with Crippen molar-refractivity contribution in [3.8, 4) is 67.3 Å². The number of aromatic nitrogens is 2. The Morgan fingerprint density at radius 3 is 1.77 bits per heavy atom. The van der Waals surface area contributed by atoms with E-state index in [2.05, 4.69) is 201 Å². The fourth-order valence-electron chi connectivity index (χ4n) is 8.95. The molecular formula is C54H36N2S. The molecule has 1 aliphatic carbocycles. The van der Waals surface area contributed by atoms with Crippen LogP contribution in [0.3, 0.4) is 0 Å². The molecule has 1 atom stereocenters. The van der Waals surface area contributed by atoms with Crippen LogP contribution in [-0.2, 0) is 5.41 Å². The maximum absolute atomic E-state index is 5.28. The molecule has 0 N–H and O–H groups in total. The van der Waals surface area contributed by atoms with Gasteiger partial charge in [-0.1, -0.05) is 182 Å². The lowest BCUT2D eigenvalue weighted by Crippen LogP contribution is -2.22. The Kier molecular flexibility index (Phi) is 7.84. The fourth-order valence-corrected chi connectivity index (χ4v) is 10.2. The first kappa shape index (κ1) is 33.4. The van der Waals surface area contributed by atoms with E-state index in [0.29, 0.717) is 5.82 Å². The second kappa shape index (κ2) is 13.4. The molecule has 2 nitrogen and oxygen atoms in total. The second-order valence-corrected chi connectivity index (χ2v) is 16.1. The molecule has 0 bridgehead atoms. The molecule has 8 aromatic carbocycles. The zero-order chi connectivity index (χ0) is 37.9. The van der Waals surface area contributed by atoms with Crippen molar-refractivity contribution in [2.75, 3.05) is 0 Å². The number of fused-ring (bicyclic) bond motifs is 6. The summed E-state index contributed by atoms with van der Waals surface area (Å²) in [6.45, 7) is 2.36. The molecule has 0 saturated heterocycles. The zero-order valence-electron chi connectivity index (χ0n) is 31.4. The molecule has 1 aliphatic rings. The Morgan fingerprint density at radius 2 is 0.965 bits per heavy atom. The average Bonchev–Trinajstić information content (AvgIpc) is 3.80. The quantitative estimate of drug-likeness (QED) is 0.169. The van der Waals surface area contributed by atoms with E-state index >= 15 is 0 Å². The molecule has 0 saturated carbocycles. The third-order valence-electron chi connectivity index (χ3n) is 11.8. The van der Waals surface area contributed by atoms with Gasteiger partial charge in [0.2, 0.25) is 0 Å². The zero-order valence-corrected chi connectivity index (χ0v) is 32.2. The molecule has 11 rings (SSSR count). The Hall–Kier alpha value is -6.94. The van der Waals surface area contributed by atoms with Gasteiger partial charge in [-0.05, 0) is 75.2 Å². The average molecular weight is 745 g/mol. The molecular weight excluding hydrogens is 709 g/mol. The first-order valence-electron chi connectivity index (χ1n) is 19.5. The van der Waals surface area contributed by atoms with Gasteiger partial charge in [0.25, 0.3) is 0 Å². The molecule has 0 amide bonds. The van der Waals surface area contributed by atoms with Crippen LogP contribution in [0.25, 0.3) is 87.5 Å². The summed E-state index contributed by atoms with van der Waals surface area (Å²) < 4.78 is 2.65. The predicted octanol–water partition coefficient (Wildman–Crippen LogP) is 14.5. The van der Waals surface area contributed by atoms with Gasteiger partial charge in [-0.3, -0.25) is 0 Å². The molecule has 0 spiro atoms. The van der Waals surface area contributed by atoms with E-state index in [1.165, 1.54) is 59.1 Å². The van der Waals surface area contributed by atoms with E-state index in [1.807, 2.05) is 17.4 Å². The smallest absolute Gasteiger partial charge is 0.160 e. The molecule has 2 aromatic heterocycles. The summed E-state index contributed by atoms with van der Waals surface area (Å²) >= 11 is 1.87. The van der Waals surface area contributed by atoms with Gasteiger partial charge in [0, 0.05) is 42.3 Å². The number of hydrogen-bond donors (Lipinski definition) is 0. The molecule has 1 unspecified atom stereocenters. The number of thiophene rings is 1. The Morgan fingerprint density at radius 1 is 0.386 bits per heavy atom. The minimum absolute atomic E-state index is 0.303. The minimum Gasteiger partial charge on any atom is -0.228 e. The number of rotatable bonds is 6. The Balaban J connectivity index is 1.04. The van der Waals surface area contributed by atoms with Gasteiger partial charge in [-0.2, -0.15) is 0 Å². The lowest BCUT2D eigenvalue weighted by atomic mass is 9.74. The summed E-state index contributed by atoms with van der Waals surface area (Å²) in [7, 11) is 0. The number of nitrogens with zero attached hydrogens (tertiary/aromatic N) is 2. The molecule has 3 heteroatoms. The maximum Gasteiger partial charge on any atom is 0.160 e. The second-order valence-electron chi connectivity index (χ2n) is 15.0. The van der Waals surface area contributed by atoms with Gasteiger partial charge < -0.3 is 0 Å². The lowest BCUT2D eigenvalue weighted by Gasteiger charge is -2.28. The minimum atomic E-state index is -0.303. The topological polar surface area (TPSA) is 25.8 Å². The van der Waals surface area contributed by atoms with Crippen LogP contribution in [0, 0.1) is 0 Å². The van der Waals surface area contributed by atoms with E-state index in [-0.39, 0.29) is 5.41 Å².